The van der Waals surface area contributed by atoms with Gasteiger partial charge in [-0.25, -0.2) is 0 Å². The Labute approximate surface area is 141 Å². The van der Waals surface area contributed by atoms with Crippen molar-refractivity contribution in [2.24, 2.45) is 0 Å². The Morgan fingerprint density at radius 2 is 2.04 bits per heavy atom. The summed E-state index contributed by atoms with van der Waals surface area (Å²) in [5.74, 6) is 1.62. The van der Waals surface area contributed by atoms with Crippen LogP contribution < -0.4 is 5.32 Å². The van der Waals surface area contributed by atoms with E-state index >= 15 is 0 Å². The average Bonchev–Trinajstić information content (AvgIpc) is 3.02. The predicted molar refractivity (Wildman–Crippen MR) is 89.9 cm³/mol. The van der Waals surface area contributed by atoms with Crippen molar-refractivity contribution >= 4 is 5.91 Å². The third-order valence-corrected chi connectivity index (χ3v) is 4.21. The van der Waals surface area contributed by atoms with Gasteiger partial charge in [-0.3, -0.25) is 14.7 Å². The van der Waals surface area contributed by atoms with E-state index in [0.717, 1.165) is 30.3 Å². The zero-order chi connectivity index (χ0) is 16.9. The number of amides is 1. The van der Waals surface area contributed by atoms with E-state index in [4.69, 9.17) is 9.15 Å². The molecule has 0 bridgehead atoms. The molecule has 1 amide bonds. The van der Waals surface area contributed by atoms with Crippen LogP contribution in [0.3, 0.4) is 0 Å². The van der Waals surface area contributed by atoms with Gasteiger partial charge in [-0.05, 0) is 38.1 Å². The highest BCUT2D eigenvalue weighted by Crippen LogP contribution is 2.23. The largest absolute Gasteiger partial charge is 0.465 e. The van der Waals surface area contributed by atoms with Crippen LogP contribution in [0.1, 0.15) is 33.6 Å². The molecular weight excluding hydrogens is 306 g/mol. The number of carbonyl (C=O) groups excluding carboxylic acids is 1. The zero-order valence-electron chi connectivity index (χ0n) is 14.1. The number of rotatable bonds is 5. The molecule has 0 aliphatic carbocycles. The summed E-state index contributed by atoms with van der Waals surface area (Å²) in [4.78, 5) is 18.8. The fourth-order valence-corrected chi connectivity index (χ4v) is 2.82. The molecule has 0 radical (unpaired) electrons. The molecule has 1 aliphatic heterocycles. The molecule has 3 heterocycles. The maximum atomic E-state index is 12.4. The molecule has 0 saturated carbocycles. The van der Waals surface area contributed by atoms with Crippen molar-refractivity contribution in [1.29, 1.82) is 0 Å². The summed E-state index contributed by atoms with van der Waals surface area (Å²) in [5.41, 5.74) is 1.46. The monoisotopic (exact) mass is 329 g/mol. The molecule has 6 heteroatoms. The summed E-state index contributed by atoms with van der Waals surface area (Å²) in [6.07, 6.45) is 1.60. The van der Waals surface area contributed by atoms with Crippen molar-refractivity contribution in [3.05, 3.63) is 53.2 Å². The van der Waals surface area contributed by atoms with E-state index in [-0.39, 0.29) is 11.9 Å². The van der Waals surface area contributed by atoms with E-state index in [0.29, 0.717) is 25.3 Å². The Balaban J connectivity index is 1.69. The minimum Gasteiger partial charge on any atom is -0.465 e. The molecule has 0 unspecified atom stereocenters. The maximum absolute atomic E-state index is 12.4. The smallest absolute Gasteiger partial charge is 0.252 e. The standard InChI is InChI=1S/C18H23N3O3/c1-13-3-5-15(11-19-13)18(22)20-12-16(17-6-4-14(2)24-17)21-7-9-23-10-8-21/h3-6,11,16H,7-10,12H2,1-2H3,(H,20,22)/t16-/m1/s1. The van der Waals surface area contributed by atoms with Gasteiger partial charge in [0.1, 0.15) is 11.5 Å². The van der Waals surface area contributed by atoms with Crippen LogP contribution in [-0.4, -0.2) is 48.6 Å². The predicted octanol–water partition coefficient (Wildman–Crippen LogP) is 2.09. The number of nitrogens with one attached hydrogen (secondary N) is 1. The molecule has 1 fully saturated rings. The molecule has 24 heavy (non-hydrogen) atoms. The number of furan rings is 1. The first-order valence-corrected chi connectivity index (χ1v) is 8.22. The third kappa shape index (κ3) is 4.01. The van der Waals surface area contributed by atoms with E-state index in [2.05, 4.69) is 15.2 Å². The van der Waals surface area contributed by atoms with Crippen molar-refractivity contribution in [1.82, 2.24) is 15.2 Å². The molecule has 2 aromatic heterocycles. The minimum absolute atomic E-state index is 0.00459. The van der Waals surface area contributed by atoms with Crippen molar-refractivity contribution < 1.29 is 13.9 Å². The SMILES string of the molecule is Cc1ccc(C(=O)NC[C@H](c2ccc(C)o2)N2CCOCC2)cn1. The Kier molecular flexibility index (Phi) is 5.27. The second-order valence-corrected chi connectivity index (χ2v) is 6.01. The van der Waals surface area contributed by atoms with Gasteiger partial charge in [-0.1, -0.05) is 0 Å². The number of carbonyl (C=O) groups is 1. The lowest BCUT2D eigenvalue weighted by Gasteiger charge is -2.33. The molecule has 0 spiro atoms. The van der Waals surface area contributed by atoms with Crippen LogP contribution in [0.5, 0.6) is 0 Å². The Morgan fingerprint density at radius 1 is 1.25 bits per heavy atom. The molecule has 1 N–H and O–H groups in total. The number of morpholine rings is 1. The molecule has 2 aromatic rings. The fourth-order valence-electron chi connectivity index (χ4n) is 2.82. The highest BCUT2D eigenvalue weighted by Gasteiger charge is 2.25. The summed E-state index contributed by atoms with van der Waals surface area (Å²) in [6, 6.07) is 7.57. The molecule has 0 aromatic carbocycles. The van der Waals surface area contributed by atoms with Crippen LogP contribution in [0.4, 0.5) is 0 Å². The van der Waals surface area contributed by atoms with Gasteiger partial charge in [0.2, 0.25) is 0 Å². The zero-order valence-corrected chi connectivity index (χ0v) is 14.1. The van der Waals surface area contributed by atoms with Crippen molar-refractivity contribution in [2.45, 2.75) is 19.9 Å². The van der Waals surface area contributed by atoms with E-state index in [9.17, 15) is 4.79 Å². The van der Waals surface area contributed by atoms with Gasteiger partial charge in [0, 0.05) is 31.5 Å². The maximum Gasteiger partial charge on any atom is 0.252 e. The fraction of sp³-hybridized carbons (Fsp3) is 0.444. The van der Waals surface area contributed by atoms with Crippen molar-refractivity contribution in [3.63, 3.8) is 0 Å². The quantitative estimate of drug-likeness (QED) is 0.910. The van der Waals surface area contributed by atoms with Gasteiger partial charge in [0.05, 0.1) is 24.8 Å². The lowest BCUT2D eigenvalue weighted by atomic mass is 10.1. The second kappa shape index (κ2) is 7.59. The average molecular weight is 329 g/mol. The lowest BCUT2D eigenvalue weighted by molar-refractivity contribution is 0.0117. The van der Waals surface area contributed by atoms with E-state index in [1.165, 1.54) is 0 Å². The van der Waals surface area contributed by atoms with Crippen molar-refractivity contribution in [3.8, 4) is 0 Å². The summed E-state index contributed by atoms with van der Waals surface area (Å²) < 4.78 is 11.2. The number of aromatic nitrogens is 1. The minimum atomic E-state index is -0.121. The van der Waals surface area contributed by atoms with Crippen molar-refractivity contribution in [2.75, 3.05) is 32.8 Å². The summed E-state index contributed by atoms with van der Waals surface area (Å²) in [6.45, 7) is 7.36. The molecule has 1 saturated heterocycles. The van der Waals surface area contributed by atoms with Gasteiger partial charge in [-0.2, -0.15) is 0 Å². The number of aryl methyl sites for hydroxylation is 2. The van der Waals surface area contributed by atoms with Gasteiger partial charge in [0.15, 0.2) is 0 Å². The normalized spacial score (nSPS) is 16.8. The van der Waals surface area contributed by atoms with Gasteiger partial charge in [-0.15, -0.1) is 0 Å². The van der Waals surface area contributed by atoms with E-state index in [1.54, 1.807) is 12.3 Å². The van der Waals surface area contributed by atoms with Gasteiger partial charge < -0.3 is 14.5 Å². The number of hydrogen-bond donors (Lipinski definition) is 1. The van der Waals surface area contributed by atoms with Crippen LogP contribution in [0.2, 0.25) is 0 Å². The number of hydrogen-bond acceptors (Lipinski definition) is 5. The number of nitrogens with zero attached hydrogens (tertiary/aromatic N) is 2. The highest BCUT2D eigenvalue weighted by atomic mass is 16.5. The van der Waals surface area contributed by atoms with Crippen LogP contribution in [0.15, 0.2) is 34.9 Å². The Hall–Kier alpha value is -2.18. The molecule has 1 atom stereocenters. The number of pyridine rings is 1. The van der Waals surface area contributed by atoms with E-state index < -0.39 is 0 Å². The molecule has 1 aliphatic rings. The Morgan fingerprint density at radius 3 is 2.67 bits per heavy atom. The van der Waals surface area contributed by atoms with Crippen LogP contribution in [0.25, 0.3) is 0 Å². The summed E-state index contributed by atoms with van der Waals surface area (Å²) in [5, 5.41) is 3.00. The van der Waals surface area contributed by atoms with Crippen LogP contribution >= 0.6 is 0 Å². The second-order valence-electron chi connectivity index (χ2n) is 6.01. The molecule has 128 valence electrons. The first-order chi connectivity index (χ1) is 11.6. The number of ether oxygens (including phenoxy) is 1. The van der Waals surface area contributed by atoms with Crippen LogP contribution in [-0.2, 0) is 4.74 Å². The molecular formula is C18H23N3O3. The third-order valence-electron chi connectivity index (χ3n) is 4.21. The van der Waals surface area contributed by atoms with Crippen LogP contribution in [0, 0.1) is 13.8 Å². The first-order valence-electron chi connectivity index (χ1n) is 8.22. The Bertz CT molecular complexity index is 675. The van der Waals surface area contributed by atoms with E-state index in [1.807, 2.05) is 32.0 Å². The molecule has 3 rings (SSSR count). The van der Waals surface area contributed by atoms with Gasteiger partial charge >= 0.3 is 0 Å². The summed E-state index contributed by atoms with van der Waals surface area (Å²) in [7, 11) is 0. The summed E-state index contributed by atoms with van der Waals surface area (Å²) >= 11 is 0. The highest BCUT2D eigenvalue weighted by molar-refractivity contribution is 5.93. The topological polar surface area (TPSA) is 67.6 Å². The first kappa shape index (κ1) is 16.7. The molecule has 6 nitrogen and oxygen atoms in total. The van der Waals surface area contributed by atoms with Gasteiger partial charge in [0.25, 0.3) is 5.91 Å². The lowest BCUT2D eigenvalue weighted by Crippen LogP contribution is -2.43.